The van der Waals surface area contributed by atoms with Crippen molar-refractivity contribution in [3.8, 4) is 5.75 Å². The number of rotatable bonds is 12. The molecule has 1 heterocycles. The van der Waals surface area contributed by atoms with Gasteiger partial charge < -0.3 is 4.74 Å². The monoisotopic (exact) mass is 484 g/mol. The van der Waals surface area contributed by atoms with Crippen LogP contribution in [-0.2, 0) is 13.2 Å². The summed E-state index contributed by atoms with van der Waals surface area (Å²) >= 11 is 0. The van der Waals surface area contributed by atoms with E-state index in [2.05, 4.69) is 109 Å². The van der Waals surface area contributed by atoms with E-state index in [0.717, 1.165) is 24.8 Å². The van der Waals surface area contributed by atoms with Gasteiger partial charge in [0.25, 0.3) is 0 Å². The van der Waals surface area contributed by atoms with Gasteiger partial charge in [0.05, 0.1) is 0 Å². The van der Waals surface area contributed by atoms with Gasteiger partial charge in [0.2, 0.25) is 0 Å². The Hall–Kier alpha value is -2.62. The number of hydrogen-bond acceptors (Lipinski definition) is 3. The molecule has 0 N–H and O–H groups in total. The first-order valence-electron chi connectivity index (χ1n) is 13.9. The Labute approximate surface area is 219 Å². The lowest BCUT2D eigenvalue weighted by atomic mass is 9.96. The van der Waals surface area contributed by atoms with E-state index in [1.165, 1.54) is 55.5 Å². The van der Waals surface area contributed by atoms with E-state index in [4.69, 9.17) is 4.74 Å². The molecule has 1 fully saturated rings. The maximum Gasteiger partial charge on any atom is 0.120 e. The molecule has 0 amide bonds. The number of hydrogen-bond donors (Lipinski definition) is 0. The van der Waals surface area contributed by atoms with Crippen molar-refractivity contribution < 1.29 is 4.74 Å². The Morgan fingerprint density at radius 2 is 1.53 bits per heavy atom. The van der Waals surface area contributed by atoms with Crippen LogP contribution in [0.4, 0.5) is 0 Å². The largest absolute Gasteiger partial charge is 0.489 e. The summed E-state index contributed by atoms with van der Waals surface area (Å²) in [7, 11) is 0. The van der Waals surface area contributed by atoms with Crippen molar-refractivity contribution in [2.24, 2.45) is 5.92 Å². The van der Waals surface area contributed by atoms with Gasteiger partial charge in [-0.25, -0.2) is 0 Å². The predicted octanol–water partition coefficient (Wildman–Crippen LogP) is 7.73. The van der Waals surface area contributed by atoms with E-state index in [9.17, 15) is 0 Å². The van der Waals surface area contributed by atoms with Crippen molar-refractivity contribution in [2.45, 2.75) is 71.7 Å². The van der Waals surface area contributed by atoms with Gasteiger partial charge in [-0.2, -0.15) is 0 Å². The summed E-state index contributed by atoms with van der Waals surface area (Å²) in [6.07, 6.45) is 4.89. The molecule has 36 heavy (non-hydrogen) atoms. The van der Waals surface area contributed by atoms with Crippen LogP contribution in [0.15, 0.2) is 84.9 Å². The molecular weight excluding hydrogens is 440 g/mol. The topological polar surface area (TPSA) is 15.7 Å². The van der Waals surface area contributed by atoms with E-state index < -0.39 is 0 Å². The van der Waals surface area contributed by atoms with Gasteiger partial charge in [0.1, 0.15) is 12.4 Å². The molecule has 1 atom stereocenters. The molecule has 3 nitrogen and oxygen atoms in total. The molecule has 3 heteroatoms. The second kappa shape index (κ2) is 13.6. The standard InChI is InChI=1S/C33H44N2O/c1-4-33(30-15-9-6-10-16-30)34-22-19-31(20-23-34)35(21-18-27(2)3)25-29-14-11-17-32(24-29)36-26-28-12-7-5-8-13-28/h5-17,24,27,31,33H,4,18-23,25-26H2,1-3H3. The molecule has 0 aromatic heterocycles. The van der Waals surface area contributed by atoms with Gasteiger partial charge >= 0.3 is 0 Å². The van der Waals surface area contributed by atoms with Crippen molar-refractivity contribution in [1.29, 1.82) is 0 Å². The van der Waals surface area contributed by atoms with Gasteiger partial charge in [0.15, 0.2) is 0 Å². The van der Waals surface area contributed by atoms with Crippen LogP contribution in [0.5, 0.6) is 5.75 Å². The fourth-order valence-corrected chi connectivity index (χ4v) is 5.47. The Morgan fingerprint density at radius 1 is 0.861 bits per heavy atom. The molecule has 192 valence electrons. The van der Waals surface area contributed by atoms with Crippen LogP contribution in [0, 0.1) is 5.92 Å². The molecule has 0 radical (unpaired) electrons. The Balaban J connectivity index is 1.38. The van der Waals surface area contributed by atoms with E-state index in [-0.39, 0.29) is 0 Å². The highest BCUT2D eigenvalue weighted by Gasteiger charge is 2.28. The smallest absolute Gasteiger partial charge is 0.120 e. The van der Waals surface area contributed by atoms with Crippen molar-refractivity contribution >= 4 is 0 Å². The first-order valence-corrected chi connectivity index (χ1v) is 13.9. The average Bonchev–Trinajstić information content (AvgIpc) is 2.92. The molecule has 1 aliphatic rings. The molecule has 3 aromatic carbocycles. The predicted molar refractivity (Wildman–Crippen MR) is 151 cm³/mol. The Bertz CT molecular complexity index is 1010. The number of benzene rings is 3. The van der Waals surface area contributed by atoms with Crippen LogP contribution in [-0.4, -0.2) is 35.5 Å². The van der Waals surface area contributed by atoms with E-state index in [0.29, 0.717) is 18.7 Å². The fraction of sp³-hybridized carbons (Fsp3) is 0.455. The lowest BCUT2D eigenvalue weighted by molar-refractivity contribution is 0.0743. The first-order chi connectivity index (χ1) is 17.6. The molecule has 0 spiro atoms. The summed E-state index contributed by atoms with van der Waals surface area (Å²) in [5, 5.41) is 0. The Kier molecular flexibility index (Phi) is 10.0. The molecule has 0 bridgehead atoms. The van der Waals surface area contributed by atoms with Crippen molar-refractivity contribution in [1.82, 2.24) is 9.80 Å². The van der Waals surface area contributed by atoms with E-state index in [1.807, 2.05) is 6.07 Å². The van der Waals surface area contributed by atoms with Crippen LogP contribution in [0.1, 0.15) is 69.2 Å². The Morgan fingerprint density at radius 3 is 2.19 bits per heavy atom. The normalized spacial score (nSPS) is 15.9. The quantitative estimate of drug-likeness (QED) is 0.262. The number of nitrogens with zero attached hydrogens (tertiary/aromatic N) is 2. The van der Waals surface area contributed by atoms with E-state index in [1.54, 1.807) is 0 Å². The number of ether oxygens (including phenoxy) is 1. The summed E-state index contributed by atoms with van der Waals surface area (Å²) in [6, 6.07) is 31.4. The first kappa shape index (κ1) is 26.4. The molecule has 0 aliphatic carbocycles. The zero-order chi connectivity index (χ0) is 25.2. The summed E-state index contributed by atoms with van der Waals surface area (Å²) < 4.78 is 6.13. The third-order valence-electron chi connectivity index (χ3n) is 7.55. The highest BCUT2D eigenvalue weighted by molar-refractivity contribution is 5.29. The van der Waals surface area contributed by atoms with Crippen LogP contribution in [0.2, 0.25) is 0 Å². The van der Waals surface area contributed by atoms with Crippen LogP contribution in [0.25, 0.3) is 0 Å². The van der Waals surface area contributed by atoms with Crippen LogP contribution < -0.4 is 4.74 Å². The van der Waals surface area contributed by atoms with Crippen LogP contribution in [0.3, 0.4) is 0 Å². The van der Waals surface area contributed by atoms with Crippen molar-refractivity contribution in [3.63, 3.8) is 0 Å². The fourth-order valence-electron chi connectivity index (χ4n) is 5.47. The second-order valence-electron chi connectivity index (χ2n) is 10.7. The van der Waals surface area contributed by atoms with Gasteiger partial charge in [-0.05, 0) is 67.0 Å². The third-order valence-corrected chi connectivity index (χ3v) is 7.55. The van der Waals surface area contributed by atoms with Gasteiger partial charge in [-0.3, -0.25) is 9.80 Å². The molecule has 3 aromatic rings. The molecule has 1 saturated heterocycles. The lowest BCUT2D eigenvalue weighted by Crippen LogP contribution is -2.46. The highest BCUT2D eigenvalue weighted by Crippen LogP contribution is 2.30. The minimum atomic E-state index is 0.537. The maximum atomic E-state index is 6.13. The van der Waals surface area contributed by atoms with Gasteiger partial charge in [0, 0.05) is 31.7 Å². The second-order valence-corrected chi connectivity index (χ2v) is 10.7. The summed E-state index contributed by atoms with van der Waals surface area (Å²) in [5.74, 6) is 1.68. The van der Waals surface area contributed by atoms with Crippen LogP contribution >= 0.6 is 0 Å². The number of likely N-dealkylation sites (tertiary alicyclic amines) is 1. The molecule has 0 saturated carbocycles. The van der Waals surface area contributed by atoms with E-state index >= 15 is 0 Å². The zero-order valence-electron chi connectivity index (χ0n) is 22.5. The average molecular weight is 485 g/mol. The van der Waals surface area contributed by atoms with Crippen molar-refractivity contribution in [3.05, 3.63) is 102 Å². The summed E-state index contributed by atoms with van der Waals surface area (Å²) in [4.78, 5) is 5.46. The molecule has 4 rings (SSSR count). The van der Waals surface area contributed by atoms with Gasteiger partial charge in [-0.15, -0.1) is 0 Å². The zero-order valence-corrected chi connectivity index (χ0v) is 22.5. The number of piperidine rings is 1. The minimum Gasteiger partial charge on any atom is -0.489 e. The summed E-state index contributed by atoms with van der Waals surface area (Å²) in [6.45, 7) is 12.1. The minimum absolute atomic E-state index is 0.537. The lowest BCUT2D eigenvalue weighted by Gasteiger charge is -2.42. The van der Waals surface area contributed by atoms with Gasteiger partial charge in [-0.1, -0.05) is 93.6 Å². The molecule has 1 unspecified atom stereocenters. The highest BCUT2D eigenvalue weighted by atomic mass is 16.5. The molecular formula is C33H44N2O. The molecule has 1 aliphatic heterocycles. The summed E-state index contributed by atoms with van der Waals surface area (Å²) in [5.41, 5.74) is 4.01. The maximum absolute atomic E-state index is 6.13. The SMILES string of the molecule is CCC(c1ccccc1)N1CCC(N(CCC(C)C)Cc2cccc(OCc3ccccc3)c2)CC1. The third kappa shape index (κ3) is 7.69. The van der Waals surface area contributed by atoms with Crippen molar-refractivity contribution in [2.75, 3.05) is 19.6 Å².